The summed E-state index contributed by atoms with van der Waals surface area (Å²) in [5.41, 5.74) is 7.96. The van der Waals surface area contributed by atoms with Crippen LogP contribution in [0.25, 0.3) is 10.9 Å². The van der Waals surface area contributed by atoms with E-state index in [1.54, 1.807) is 9.58 Å². The van der Waals surface area contributed by atoms with Crippen LogP contribution in [0.3, 0.4) is 0 Å². The molecule has 0 radical (unpaired) electrons. The van der Waals surface area contributed by atoms with E-state index >= 15 is 0 Å². The number of allylic oxidation sites excluding steroid dienone is 2. The minimum atomic E-state index is -0.344. The number of nitrogens with two attached hydrogens (primary N) is 1. The first-order valence-electron chi connectivity index (χ1n) is 10.9. The topological polar surface area (TPSA) is 128 Å². The molecule has 0 bridgehead atoms. The maximum Gasteiger partial charge on any atom is 0.290 e. The van der Waals surface area contributed by atoms with Gasteiger partial charge in [-0.2, -0.15) is 10.2 Å². The standard InChI is InChI=1S/C22H26N6O4/c1-2-16(29)27-9-3-4-15(12-27)28-19-17(20(23)24-25-21(19)30)18(26-28)13-5-7-14(8-6-13)22-31-10-11-32-22/h2,5,7-8,13,15,22H,1,3-4,6,9-12H2,(H2,23,24)(H,25,30)/t13-,15?/m0/s1. The zero-order chi connectivity index (χ0) is 22.2. The number of fused-ring (bicyclic) bond motifs is 1. The average molecular weight is 438 g/mol. The highest BCUT2D eigenvalue weighted by molar-refractivity contribution is 5.91. The molecule has 3 N–H and O–H groups in total. The fourth-order valence-electron chi connectivity index (χ4n) is 4.71. The molecule has 1 aliphatic carbocycles. The van der Waals surface area contributed by atoms with Gasteiger partial charge >= 0.3 is 0 Å². The van der Waals surface area contributed by atoms with Gasteiger partial charge in [0.05, 0.1) is 30.3 Å². The zero-order valence-corrected chi connectivity index (χ0v) is 17.7. The van der Waals surface area contributed by atoms with Gasteiger partial charge in [0.25, 0.3) is 5.56 Å². The van der Waals surface area contributed by atoms with E-state index in [1.807, 2.05) is 12.2 Å². The number of likely N-dealkylation sites (tertiary alicyclic amines) is 1. The number of hydrogen-bond donors (Lipinski definition) is 2. The number of anilines is 1. The van der Waals surface area contributed by atoms with Crippen molar-refractivity contribution in [2.45, 2.75) is 37.5 Å². The molecule has 0 saturated carbocycles. The number of nitrogens with one attached hydrogen (secondary N) is 1. The van der Waals surface area contributed by atoms with Gasteiger partial charge in [-0.15, -0.1) is 0 Å². The van der Waals surface area contributed by atoms with E-state index in [0.717, 1.165) is 18.4 Å². The Morgan fingerprint density at radius 1 is 1.34 bits per heavy atom. The third-order valence-corrected chi connectivity index (χ3v) is 6.29. The lowest BCUT2D eigenvalue weighted by Gasteiger charge is -2.32. The molecule has 2 aliphatic heterocycles. The Balaban J connectivity index is 1.52. The smallest absolute Gasteiger partial charge is 0.290 e. The number of carbonyl (C=O) groups is 1. The second-order valence-corrected chi connectivity index (χ2v) is 8.25. The first kappa shape index (κ1) is 20.7. The molecule has 0 aromatic carbocycles. The van der Waals surface area contributed by atoms with Gasteiger partial charge in [0, 0.05) is 24.6 Å². The molecule has 2 aromatic heterocycles. The number of hydrogen-bond acceptors (Lipinski definition) is 7. The number of H-pyrrole nitrogens is 1. The number of nitrogens with zero attached hydrogens (tertiary/aromatic N) is 4. The lowest BCUT2D eigenvalue weighted by atomic mass is 9.92. The van der Waals surface area contributed by atoms with E-state index in [2.05, 4.69) is 22.9 Å². The van der Waals surface area contributed by atoms with Crippen LogP contribution in [0.2, 0.25) is 0 Å². The summed E-state index contributed by atoms with van der Waals surface area (Å²) in [6.07, 6.45) is 9.39. The van der Waals surface area contributed by atoms with E-state index < -0.39 is 0 Å². The number of aromatic nitrogens is 4. The van der Waals surface area contributed by atoms with Crippen LogP contribution in [-0.2, 0) is 14.3 Å². The first-order valence-corrected chi connectivity index (χ1v) is 10.9. The van der Waals surface area contributed by atoms with Crippen LogP contribution in [0.15, 0.2) is 41.3 Å². The molecular weight excluding hydrogens is 412 g/mol. The average Bonchev–Trinajstić information content (AvgIpc) is 3.50. The number of rotatable bonds is 4. The van der Waals surface area contributed by atoms with E-state index in [1.165, 1.54) is 6.08 Å². The molecule has 10 nitrogen and oxygen atoms in total. The SMILES string of the molecule is C=CC(=O)N1CCCC(n2nc([C@H]3C=CC(C4OCCO4)=CC3)c3c(N)n[nH]c(=O)c32)C1. The molecular formula is C22H26N6O4. The van der Waals surface area contributed by atoms with Crippen molar-refractivity contribution in [2.75, 3.05) is 32.0 Å². The Morgan fingerprint density at radius 2 is 2.16 bits per heavy atom. The van der Waals surface area contributed by atoms with Gasteiger partial charge in [-0.1, -0.05) is 24.8 Å². The Labute approximate surface area is 184 Å². The van der Waals surface area contributed by atoms with Crippen molar-refractivity contribution in [1.82, 2.24) is 24.9 Å². The molecule has 4 heterocycles. The van der Waals surface area contributed by atoms with Crippen molar-refractivity contribution in [3.8, 4) is 0 Å². The van der Waals surface area contributed by atoms with Crippen molar-refractivity contribution in [3.05, 3.63) is 52.5 Å². The summed E-state index contributed by atoms with van der Waals surface area (Å²) in [6.45, 7) is 5.89. The lowest BCUT2D eigenvalue weighted by Crippen LogP contribution is -2.40. The van der Waals surface area contributed by atoms with Gasteiger partial charge in [-0.25, -0.2) is 5.10 Å². The first-order chi connectivity index (χ1) is 15.6. The third-order valence-electron chi connectivity index (χ3n) is 6.29. The molecule has 2 atom stereocenters. The van der Waals surface area contributed by atoms with Crippen LogP contribution in [0.5, 0.6) is 0 Å². The fraction of sp³-hybridized carbons (Fsp3) is 0.455. The Kier molecular flexibility index (Phi) is 5.40. The van der Waals surface area contributed by atoms with Crippen molar-refractivity contribution < 1.29 is 14.3 Å². The van der Waals surface area contributed by atoms with Gasteiger partial charge < -0.3 is 20.1 Å². The van der Waals surface area contributed by atoms with Crippen LogP contribution in [0.1, 0.15) is 36.9 Å². The highest BCUT2D eigenvalue weighted by Gasteiger charge is 2.31. The number of amides is 1. The Bertz CT molecular complexity index is 1170. The van der Waals surface area contributed by atoms with E-state index in [4.69, 9.17) is 20.3 Å². The van der Waals surface area contributed by atoms with Gasteiger partial charge in [-0.3, -0.25) is 14.3 Å². The second-order valence-electron chi connectivity index (χ2n) is 8.25. The van der Waals surface area contributed by atoms with Gasteiger partial charge in [-0.05, 0) is 25.3 Å². The molecule has 10 heteroatoms. The molecule has 168 valence electrons. The predicted octanol–water partition coefficient (Wildman–Crippen LogP) is 1.39. The summed E-state index contributed by atoms with van der Waals surface area (Å²) in [5, 5.41) is 11.9. The normalized spacial score (nSPS) is 24.1. The van der Waals surface area contributed by atoms with Gasteiger partial charge in [0.1, 0.15) is 5.52 Å². The maximum absolute atomic E-state index is 12.8. The summed E-state index contributed by atoms with van der Waals surface area (Å²) in [5.74, 6) is 0.0522. The van der Waals surface area contributed by atoms with Crippen molar-refractivity contribution in [1.29, 1.82) is 0 Å². The molecule has 2 saturated heterocycles. The van der Waals surface area contributed by atoms with Crippen molar-refractivity contribution in [2.24, 2.45) is 0 Å². The van der Waals surface area contributed by atoms with Crippen molar-refractivity contribution >= 4 is 22.6 Å². The zero-order valence-electron chi connectivity index (χ0n) is 17.7. The minimum Gasteiger partial charge on any atom is -0.382 e. The highest BCUT2D eigenvalue weighted by atomic mass is 16.7. The summed E-state index contributed by atoms with van der Waals surface area (Å²) in [7, 11) is 0. The van der Waals surface area contributed by atoms with E-state index in [9.17, 15) is 9.59 Å². The molecule has 5 rings (SSSR count). The second kappa shape index (κ2) is 8.36. The molecule has 3 aliphatic rings. The third kappa shape index (κ3) is 3.55. The summed E-state index contributed by atoms with van der Waals surface area (Å²) < 4.78 is 12.9. The summed E-state index contributed by atoms with van der Waals surface area (Å²) in [4.78, 5) is 26.7. The number of aromatic amines is 1. The van der Waals surface area contributed by atoms with Gasteiger partial charge in [0.15, 0.2) is 12.1 Å². The predicted molar refractivity (Wildman–Crippen MR) is 118 cm³/mol. The molecule has 2 aromatic rings. The van der Waals surface area contributed by atoms with Gasteiger partial charge in [0.2, 0.25) is 5.91 Å². The summed E-state index contributed by atoms with van der Waals surface area (Å²) in [6, 6.07) is -0.134. The Morgan fingerprint density at radius 3 is 2.88 bits per heavy atom. The molecule has 1 amide bonds. The minimum absolute atomic E-state index is 0.0655. The number of nitrogen functional groups attached to an aromatic ring is 1. The molecule has 1 unspecified atom stereocenters. The molecule has 2 fully saturated rings. The monoisotopic (exact) mass is 438 g/mol. The number of ether oxygens (including phenoxy) is 2. The molecule has 0 spiro atoms. The highest BCUT2D eigenvalue weighted by Crippen LogP contribution is 2.36. The number of piperidine rings is 1. The largest absolute Gasteiger partial charge is 0.382 e. The van der Waals surface area contributed by atoms with Crippen LogP contribution in [-0.4, -0.2) is 63.4 Å². The van der Waals surface area contributed by atoms with E-state index in [0.29, 0.717) is 49.3 Å². The van der Waals surface area contributed by atoms with Crippen LogP contribution in [0, 0.1) is 0 Å². The lowest BCUT2D eigenvalue weighted by molar-refractivity contribution is -0.127. The van der Waals surface area contributed by atoms with E-state index in [-0.39, 0.29) is 35.5 Å². The fourth-order valence-corrected chi connectivity index (χ4v) is 4.71. The van der Waals surface area contributed by atoms with Crippen LogP contribution in [0.4, 0.5) is 5.82 Å². The van der Waals surface area contributed by atoms with Crippen LogP contribution >= 0.6 is 0 Å². The maximum atomic E-state index is 12.8. The molecule has 32 heavy (non-hydrogen) atoms. The summed E-state index contributed by atoms with van der Waals surface area (Å²) >= 11 is 0. The van der Waals surface area contributed by atoms with Crippen molar-refractivity contribution in [3.63, 3.8) is 0 Å². The van der Waals surface area contributed by atoms with Crippen LogP contribution < -0.4 is 11.3 Å². The quantitative estimate of drug-likeness (QED) is 0.691. The Hall–Kier alpha value is -3.24. The number of carbonyl (C=O) groups excluding carboxylic acids is 1.